The fourth-order valence-electron chi connectivity index (χ4n) is 4.44. The van der Waals surface area contributed by atoms with Gasteiger partial charge in [-0.3, -0.25) is 0 Å². The van der Waals surface area contributed by atoms with Gasteiger partial charge in [0, 0.05) is 13.7 Å². The predicted octanol–water partition coefficient (Wildman–Crippen LogP) is 6.90. The van der Waals surface area contributed by atoms with Crippen molar-refractivity contribution in [3.63, 3.8) is 0 Å². The van der Waals surface area contributed by atoms with Gasteiger partial charge >= 0.3 is 6.17 Å². The van der Waals surface area contributed by atoms with Gasteiger partial charge in [0.15, 0.2) is 0 Å². The van der Waals surface area contributed by atoms with Gasteiger partial charge in [0.2, 0.25) is 0 Å². The topological polar surface area (TPSA) is 21.2 Å². The smallest absolute Gasteiger partial charge is 0.478 e. The minimum absolute atomic E-state index is 0. The summed E-state index contributed by atoms with van der Waals surface area (Å²) in [6.07, 6.45) is 6.61. The summed E-state index contributed by atoms with van der Waals surface area (Å²) in [7, 11) is 0. The van der Waals surface area contributed by atoms with Crippen molar-refractivity contribution >= 4 is 5.69 Å². The molecule has 0 amide bonds. The first kappa shape index (κ1) is 22.7. The van der Waals surface area contributed by atoms with Crippen molar-refractivity contribution in [1.29, 1.82) is 0 Å². The second-order valence-corrected chi connectivity index (χ2v) is 8.39. The van der Waals surface area contributed by atoms with Crippen molar-refractivity contribution in [3.05, 3.63) is 82.0 Å². The molecule has 1 saturated carbocycles. The summed E-state index contributed by atoms with van der Waals surface area (Å²) in [5.41, 5.74) is 4.82. The van der Waals surface area contributed by atoms with Crippen LogP contribution < -0.4 is 9.64 Å². The number of likely N-dealkylation sites (N-methyl/N-ethyl adjacent to an activating group) is 1. The summed E-state index contributed by atoms with van der Waals surface area (Å²) >= 11 is 0. The fraction of sp³-hybridized carbons (Fsp3) is 0.481. The Balaban J connectivity index is 0.00000363. The average Bonchev–Trinajstić information content (AvgIpc) is 2.82. The molecule has 31 heavy (non-hydrogen) atoms. The van der Waals surface area contributed by atoms with Crippen LogP contribution in [0.1, 0.15) is 63.1 Å². The second-order valence-electron chi connectivity index (χ2n) is 8.39. The summed E-state index contributed by atoms with van der Waals surface area (Å²) in [6, 6.07) is 15.0. The number of hydrogen-bond donors (Lipinski definition) is 0. The number of aryl methyl sites for hydroxylation is 1. The molecule has 0 spiro atoms. The van der Waals surface area contributed by atoms with E-state index in [1.165, 1.54) is 37.7 Å². The Kier molecular flexibility index (Phi) is 8.36. The highest BCUT2D eigenvalue weighted by Gasteiger charge is 2.18. The Bertz CT molecular complexity index is 909. The van der Waals surface area contributed by atoms with Crippen LogP contribution in [0.5, 0.6) is 5.75 Å². The van der Waals surface area contributed by atoms with E-state index < -0.39 is 6.17 Å². The summed E-state index contributed by atoms with van der Waals surface area (Å²) in [4.78, 5) is 9.07. The fourth-order valence-corrected chi connectivity index (χ4v) is 4.44. The molecule has 0 heterocycles. The molecule has 1 fully saturated rings. The van der Waals surface area contributed by atoms with Gasteiger partial charge < -0.3 is 9.64 Å². The molecular formula is C27H35N3O. The lowest BCUT2D eigenvalue weighted by Crippen LogP contribution is -2.28. The lowest BCUT2D eigenvalue weighted by atomic mass is 9.84. The molecular weight excluding hydrogens is 382 g/mol. The highest BCUT2D eigenvalue weighted by atomic mass is 16.5. The molecule has 0 unspecified atom stereocenters. The first-order chi connectivity index (χ1) is 15.1. The molecule has 164 valence electrons. The Hall–Kier alpha value is -2.98. The predicted molar refractivity (Wildman–Crippen MR) is 130 cm³/mol. The third kappa shape index (κ3) is 6.25. The Labute approximate surface area is 189 Å². The van der Waals surface area contributed by atoms with Gasteiger partial charge in [-0.1, -0.05) is 37.5 Å². The minimum Gasteiger partial charge on any atom is -0.492 e. The van der Waals surface area contributed by atoms with E-state index in [0.717, 1.165) is 41.6 Å². The van der Waals surface area contributed by atoms with Crippen LogP contribution in [0.3, 0.4) is 0 Å². The first-order valence-corrected chi connectivity index (χ1v) is 11.4. The highest BCUT2D eigenvalue weighted by Crippen LogP contribution is 2.33. The van der Waals surface area contributed by atoms with E-state index in [1.54, 1.807) is 0 Å². The molecule has 2 aromatic carbocycles. The van der Waals surface area contributed by atoms with Gasteiger partial charge in [0.05, 0.1) is 6.54 Å². The van der Waals surface area contributed by atoms with Gasteiger partial charge in [-0.05, 0) is 73.6 Å². The molecule has 0 bridgehead atoms. The van der Waals surface area contributed by atoms with Crippen molar-refractivity contribution < 1.29 is 6.16 Å². The van der Waals surface area contributed by atoms with E-state index in [1.807, 2.05) is 0 Å². The van der Waals surface area contributed by atoms with Crippen LogP contribution in [0.2, 0.25) is 0 Å². The molecule has 0 N–H and O–H groups in total. The SMILES string of the molecule is [C-]#[N+]C(Cc1ccc(N(CC)CCOc2ccc(C3CCCCC3)cc2)cc1C)[N+]#[C-].[HH]. The molecule has 0 aromatic heterocycles. The summed E-state index contributed by atoms with van der Waals surface area (Å²) in [6.45, 7) is 20.8. The van der Waals surface area contributed by atoms with E-state index in [0.29, 0.717) is 13.0 Å². The van der Waals surface area contributed by atoms with Crippen molar-refractivity contribution in [2.45, 2.75) is 64.5 Å². The first-order valence-electron chi connectivity index (χ1n) is 11.4. The molecule has 2 aromatic rings. The van der Waals surface area contributed by atoms with E-state index in [4.69, 9.17) is 17.9 Å². The zero-order valence-corrected chi connectivity index (χ0v) is 18.8. The van der Waals surface area contributed by atoms with Crippen molar-refractivity contribution in [3.8, 4) is 5.75 Å². The number of anilines is 1. The van der Waals surface area contributed by atoms with E-state index in [9.17, 15) is 0 Å². The van der Waals surface area contributed by atoms with Crippen molar-refractivity contribution in [2.75, 3.05) is 24.6 Å². The number of rotatable bonds is 9. The average molecular weight is 418 g/mol. The Morgan fingerprint density at radius 2 is 1.77 bits per heavy atom. The molecule has 0 atom stereocenters. The van der Waals surface area contributed by atoms with Crippen molar-refractivity contribution in [2.24, 2.45) is 0 Å². The van der Waals surface area contributed by atoms with Crippen LogP contribution in [-0.2, 0) is 6.42 Å². The monoisotopic (exact) mass is 417 g/mol. The zero-order valence-electron chi connectivity index (χ0n) is 18.8. The summed E-state index contributed by atoms with van der Waals surface area (Å²) < 4.78 is 6.03. The lowest BCUT2D eigenvalue weighted by Gasteiger charge is -2.24. The highest BCUT2D eigenvalue weighted by molar-refractivity contribution is 5.51. The number of ether oxygens (including phenoxy) is 1. The molecule has 4 nitrogen and oxygen atoms in total. The standard InChI is InChI=1S/C27H33N3O.H2/c1-5-30(25-14-11-24(21(2)19-25)20-27(28-3)29-4)17-18-31-26-15-12-23(13-16-26)22-9-7-6-8-10-22;/h11-16,19,22,27H,5-10,17-18,20H2,1-2H3;1H. The maximum atomic E-state index is 7.12. The summed E-state index contributed by atoms with van der Waals surface area (Å²) in [5, 5.41) is 0. The largest absolute Gasteiger partial charge is 0.492 e. The van der Waals surface area contributed by atoms with Gasteiger partial charge in [-0.2, -0.15) is 0 Å². The molecule has 1 aliphatic carbocycles. The van der Waals surface area contributed by atoms with Gasteiger partial charge in [-0.15, -0.1) is 0 Å². The Morgan fingerprint density at radius 1 is 1.06 bits per heavy atom. The maximum absolute atomic E-state index is 7.12. The molecule has 4 heteroatoms. The molecule has 0 saturated heterocycles. The molecule has 0 radical (unpaired) electrons. The van der Waals surface area contributed by atoms with Crippen LogP contribution in [-0.4, -0.2) is 25.9 Å². The van der Waals surface area contributed by atoms with Crippen LogP contribution in [0.15, 0.2) is 42.5 Å². The maximum Gasteiger partial charge on any atom is 0.478 e. The third-order valence-corrected chi connectivity index (χ3v) is 6.36. The van der Waals surface area contributed by atoms with E-state index in [-0.39, 0.29) is 1.43 Å². The molecule has 1 aliphatic rings. The van der Waals surface area contributed by atoms with Crippen LogP contribution in [0.25, 0.3) is 9.69 Å². The number of hydrogen-bond acceptors (Lipinski definition) is 2. The van der Waals surface area contributed by atoms with Gasteiger partial charge in [0.1, 0.15) is 18.8 Å². The summed E-state index contributed by atoms with van der Waals surface area (Å²) in [5.74, 6) is 1.66. The van der Waals surface area contributed by atoms with Crippen LogP contribution in [0.4, 0.5) is 5.69 Å². The van der Waals surface area contributed by atoms with E-state index in [2.05, 4.69) is 70.9 Å². The van der Waals surface area contributed by atoms with E-state index >= 15 is 0 Å². The minimum atomic E-state index is -0.621. The third-order valence-electron chi connectivity index (χ3n) is 6.36. The van der Waals surface area contributed by atoms with Crippen LogP contribution >= 0.6 is 0 Å². The zero-order chi connectivity index (χ0) is 22.1. The van der Waals surface area contributed by atoms with Gasteiger partial charge in [-0.25, -0.2) is 22.8 Å². The second kappa shape index (κ2) is 11.4. The number of benzene rings is 2. The Morgan fingerprint density at radius 3 is 2.39 bits per heavy atom. The van der Waals surface area contributed by atoms with Gasteiger partial charge in [0.25, 0.3) is 0 Å². The normalized spacial score (nSPS) is 14.1. The number of nitrogens with zero attached hydrogens (tertiary/aromatic N) is 3. The molecule has 3 rings (SSSR count). The quantitative estimate of drug-likeness (QED) is 0.414. The van der Waals surface area contributed by atoms with Crippen molar-refractivity contribution in [1.82, 2.24) is 0 Å². The van der Waals surface area contributed by atoms with Crippen LogP contribution in [0, 0.1) is 20.1 Å². The molecule has 0 aliphatic heterocycles. The lowest BCUT2D eigenvalue weighted by molar-refractivity contribution is 0.324.